The largest absolute Gasteiger partial charge is 0.454 e. The molecule has 0 saturated carbocycles. The van der Waals surface area contributed by atoms with Crippen molar-refractivity contribution in [1.82, 2.24) is 5.32 Å². The lowest BCUT2D eigenvalue weighted by Gasteiger charge is -2.20. The zero-order chi connectivity index (χ0) is 13.2. The Morgan fingerprint density at radius 3 is 2.78 bits per heavy atom. The topological polar surface area (TPSA) is 50.7 Å². The number of benzene rings is 1. The average molecular weight is 251 g/mol. The van der Waals surface area contributed by atoms with Gasteiger partial charge in [-0.25, -0.2) is 0 Å². The summed E-state index contributed by atoms with van der Waals surface area (Å²) in [5.74, 6) is 1.62. The zero-order valence-corrected chi connectivity index (χ0v) is 11.2. The Labute approximate surface area is 108 Å². The lowest BCUT2D eigenvalue weighted by atomic mass is 10.0. The van der Waals surface area contributed by atoms with E-state index in [0.717, 1.165) is 30.0 Å². The van der Waals surface area contributed by atoms with Crippen LogP contribution in [-0.2, 0) is 0 Å². The lowest BCUT2D eigenvalue weighted by molar-refractivity contribution is 0.0705. The van der Waals surface area contributed by atoms with Crippen LogP contribution < -0.4 is 14.8 Å². The molecule has 0 spiro atoms. The van der Waals surface area contributed by atoms with E-state index in [1.807, 2.05) is 32.0 Å². The highest BCUT2D eigenvalue weighted by Gasteiger charge is 2.16. The molecule has 0 amide bonds. The van der Waals surface area contributed by atoms with E-state index in [9.17, 15) is 5.11 Å². The van der Waals surface area contributed by atoms with Crippen LogP contribution >= 0.6 is 0 Å². The highest BCUT2D eigenvalue weighted by atomic mass is 16.7. The van der Waals surface area contributed by atoms with E-state index in [1.54, 1.807) is 0 Å². The van der Waals surface area contributed by atoms with Crippen LogP contribution in [0.3, 0.4) is 0 Å². The van der Waals surface area contributed by atoms with Crippen LogP contribution in [0.1, 0.15) is 38.8 Å². The summed E-state index contributed by atoms with van der Waals surface area (Å²) in [6.45, 7) is 6.82. The fourth-order valence-corrected chi connectivity index (χ4v) is 1.89. The Bertz CT molecular complexity index is 412. The molecule has 0 aliphatic carbocycles. The van der Waals surface area contributed by atoms with E-state index in [1.165, 1.54) is 0 Å². The van der Waals surface area contributed by atoms with Gasteiger partial charge in [0.1, 0.15) is 0 Å². The van der Waals surface area contributed by atoms with E-state index in [4.69, 9.17) is 9.47 Å². The van der Waals surface area contributed by atoms with Gasteiger partial charge in [-0.1, -0.05) is 6.07 Å². The fraction of sp³-hybridized carbons (Fsp3) is 0.571. The summed E-state index contributed by atoms with van der Waals surface area (Å²) in [4.78, 5) is 0. The summed E-state index contributed by atoms with van der Waals surface area (Å²) in [6.07, 6.45) is 0.724. The first-order valence-corrected chi connectivity index (χ1v) is 6.31. The van der Waals surface area contributed by atoms with Crippen LogP contribution in [0.25, 0.3) is 0 Å². The molecule has 0 radical (unpaired) electrons. The molecular weight excluding hydrogens is 230 g/mol. The molecule has 100 valence electrons. The quantitative estimate of drug-likeness (QED) is 0.842. The van der Waals surface area contributed by atoms with Crippen molar-refractivity contribution in [2.75, 3.05) is 13.3 Å². The highest BCUT2D eigenvalue weighted by Crippen LogP contribution is 2.34. The van der Waals surface area contributed by atoms with Crippen LogP contribution in [0, 0.1) is 0 Å². The van der Waals surface area contributed by atoms with Crippen LogP contribution in [0.4, 0.5) is 0 Å². The molecule has 2 rings (SSSR count). The van der Waals surface area contributed by atoms with E-state index >= 15 is 0 Å². The van der Waals surface area contributed by atoms with Gasteiger partial charge in [-0.3, -0.25) is 0 Å². The molecule has 0 unspecified atom stereocenters. The molecule has 1 aliphatic heterocycles. The van der Waals surface area contributed by atoms with Crippen molar-refractivity contribution in [3.05, 3.63) is 23.8 Å². The summed E-state index contributed by atoms with van der Waals surface area (Å²) >= 11 is 0. The lowest BCUT2D eigenvalue weighted by Crippen LogP contribution is -2.28. The molecule has 1 aliphatic rings. The van der Waals surface area contributed by atoms with Crippen LogP contribution in [0.2, 0.25) is 0 Å². The summed E-state index contributed by atoms with van der Waals surface area (Å²) in [5.41, 5.74) is 0.539. The number of fused-ring (bicyclic) bond motifs is 1. The Kier molecular flexibility index (Phi) is 3.78. The average Bonchev–Trinajstić information content (AvgIpc) is 2.73. The van der Waals surface area contributed by atoms with Crippen LogP contribution in [0.5, 0.6) is 11.5 Å². The fourth-order valence-electron chi connectivity index (χ4n) is 1.89. The molecule has 4 heteroatoms. The van der Waals surface area contributed by atoms with Crippen LogP contribution in [-0.4, -0.2) is 24.0 Å². The normalized spacial score (nSPS) is 15.8. The number of ether oxygens (including phenoxy) is 2. The first-order chi connectivity index (χ1) is 8.46. The third-order valence-corrected chi connectivity index (χ3v) is 3.08. The first kappa shape index (κ1) is 13.2. The predicted molar refractivity (Wildman–Crippen MR) is 69.9 cm³/mol. The molecule has 2 N–H and O–H groups in total. The van der Waals surface area contributed by atoms with E-state index in [-0.39, 0.29) is 6.04 Å². The van der Waals surface area contributed by atoms with Crippen molar-refractivity contribution >= 4 is 0 Å². The van der Waals surface area contributed by atoms with Gasteiger partial charge in [-0.2, -0.15) is 0 Å². The predicted octanol–water partition coefficient (Wildman–Crippen LogP) is 2.23. The Morgan fingerprint density at radius 2 is 2.06 bits per heavy atom. The molecule has 0 saturated heterocycles. The van der Waals surface area contributed by atoms with Crippen molar-refractivity contribution in [3.63, 3.8) is 0 Å². The van der Waals surface area contributed by atoms with Crippen molar-refractivity contribution < 1.29 is 14.6 Å². The minimum absolute atomic E-state index is 0.224. The van der Waals surface area contributed by atoms with Gasteiger partial charge in [0.05, 0.1) is 5.60 Å². The van der Waals surface area contributed by atoms with Gasteiger partial charge in [0.25, 0.3) is 0 Å². The molecular formula is C14H21NO3. The Hall–Kier alpha value is -1.26. The summed E-state index contributed by atoms with van der Waals surface area (Å²) in [5, 5.41) is 13.0. The monoisotopic (exact) mass is 251 g/mol. The maximum absolute atomic E-state index is 9.65. The minimum Gasteiger partial charge on any atom is -0.454 e. The summed E-state index contributed by atoms with van der Waals surface area (Å²) in [6, 6.07) is 6.20. The van der Waals surface area contributed by atoms with Gasteiger partial charge in [0, 0.05) is 6.04 Å². The van der Waals surface area contributed by atoms with Gasteiger partial charge >= 0.3 is 0 Å². The van der Waals surface area contributed by atoms with E-state index < -0.39 is 5.60 Å². The number of rotatable bonds is 5. The van der Waals surface area contributed by atoms with Gasteiger partial charge in [-0.05, 0) is 51.4 Å². The Morgan fingerprint density at radius 1 is 1.33 bits per heavy atom. The van der Waals surface area contributed by atoms with Crippen molar-refractivity contribution in [2.45, 2.75) is 38.8 Å². The molecule has 1 aromatic rings. The third-order valence-electron chi connectivity index (χ3n) is 3.08. The van der Waals surface area contributed by atoms with Crippen molar-refractivity contribution in [2.24, 2.45) is 0 Å². The molecule has 0 aromatic heterocycles. The number of hydrogen-bond acceptors (Lipinski definition) is 4. The maximum atomic E-state index is 9.65. The maximum Gasteiger partial charge on any atom is 0.231 e. The molecule has 1 aromatic carbocycles. The first-order valence-electron chi connectivity index (χ1n) is 6.31. The highest BCUT2D eigenvalue weighted by molar-refractivity contribution is 5.45. The molecule has 0 fully saturated rings. The summed E-state index contributed by atoms with van der Waals surface area (Å²) < 4.78 is 10.6. The van der Waals surface area contributed by atoms with Gasteiger partial charge in [0.2, 0.25) is 6.79 Å². The van der Waals surface area contributed by atoms with Crippen molar-refractivity contribution in [1.29, 1.82) is 0 Å². The SMILES string of the molecule is C[C@@H](NCCC(C)(C)O)c1ccc2c(c1)OCO2. The van der Waals surface area contributed by atoms with Crippen LogP contribution in [0.15, 0.2) is 18.2 Å². The molecule has 0 bridgehead atoms. The molecule has 1 heterocycles. The van der Waals surface area contributed by atoms with E-state index in [0.29, 0.717) is 6.79 Å². The van der Waals surface area contributed by atoms with Gasteiger partial charge in [0.15, 0.2) is 11.5 Å². The molecule has 1 atom stereocenters. The Balaban J connectivity index is 1.91. The number of aliphatic hydroxyl groups is 1. The second-order valence-electron chi connectivity index (χ2n) is 5.35. The van der Waals surface area contributed by atoms with E-state index in [2.05, 4.69) is 12.2 Å². The standard InChI is InChI=1S/C14H21NO3/c1-10(15-7-6-14(2,3)16)11-4-5-12-13(8-11)18-9-17-12/h4-5,8,10,15-16H,6-7,9H2,1-3H3/t10-/m1/s1. The molecule has 18 heavy (non-hydrogen) atoms. The van der Waals surface area contributed by atoms with Gasteiger partial charge < -0.3 is 19.9 Å². The minimum atomic E-state index is -0.623. The third kappa shape index (κ3) is 3.37. The molecule has 4 nitrogen and oxygen atoms in total. The second-order valence-corrected chi connectivity index (χ2v) is 5.35. The number of nitrogens with one attached hydrogen (secondary N) is 1. The second kappa shape index (κ2) is 5.16. The van der Waals surface area contributed by atoms with Gasteiger partial charge in [-0.15, -0.1) is 0 Å². The zero-order valence-electron chi connectivity index (χ0n) is 11.2. The van der Waals surface area contributed by atoms with Crippen molar-refractivity contribution in [3.8, 4) is 11.5 Å². The summed E-state index contributed by atoms with van der Waals surface area (Å²) in [7, 11) is 0. The number of hydrogen-bond donors (Lipinski definition) is 2. The smallest absolute Gasteiger partial charge is 0.231 e.